The van der Waals surface area contributed by atoms with E-state index in [9.17, 15) is 4.79 Å². The zero-order valence-corrected chi connectivity index (χ0v) is 11.5. The van der Waals surface area contributed by atoms with Gasteiger partial charge in [0.05, 0.1) is 20.3 Å². The van der Waals surface area contributed by atoms with Gasteiger partial charge in [-0.3, -0.25) is 0 Å². The van der Waals surface area contributed by atoms with Gasteiger partial charge < -0.3 is 14.2 Å². The molecule has 7 heteroatoms. The van der Waals surface area contributed by atoms with Gasteiger partial charge in [-0.1, -0.05) is 11.6 Å². The average molecular weight is 295 g/mol. The molecule has 2 aromatic rings. The normalized spacial score (nSPS) is 9.95. The number of benzene rings is 1. The number of hydrogen-bond donors (Lipinski definition) is 0. The first-order valence-electron chi connectivity index (χ1n) is 5.57. The number of rotatable bonds is 4. The number of carbonyl (C=O) groups excluding carboxylic acids is 1. The van der Waals surface area contributed by atoms with Crippen LogP contribution in [0, 0.1) is 0 Å². The summed E-state index contributed by atoms with van der Waals surface area (Å²) in [5.41, 5.74) is 0. The van der Waals surface area contributed by atoms with Gasteiger partial charge in [0.2, 0.25) is 17.6 Å². The van der Waals surface area contributed by atoms with Gasteiger partial charge in [0.15, 0.2) is 0 Å². The van der Waals surface area contributed by atoms with E-state index >= 15 is 0 Å². The first-order chi connectivity index (χ1) is 9.62. The van der Waals surface area contributed by atoms with Gasteiger partial charge in [-0.2, -0.15) is 9.97 Å². The molecule has 0 fully saturated rings. The van der Waals surface area contributed by atoms with Crippen molar-refractivity contribution in [2.45, 2.75) is 0 Å². The number of aromatic nitrogens is 2. The predicted molar refractivity (Wildman–Crippen MR) is 71.5 cm³/mol. The van der Waals surface area contributed by atoms with E-state index in [2.05, 4.69) is 9.97 Å². The predicted octanol–water partition coefficient (Wildman–Crippen LogP) is 2.37. The minimum Gasteiger partial charge on any atom is -0.481 e. The number of carbonyl (C=O) groups is 1. The molecule has 0 N–H and O–H groups in total. The molecule has 0 bridgehead atoms. The lowest BCUT2D eigenvalue weighted by Crippen LogP contribution is -2.14. The van der Waals surface area contributed by atoms with Crippen molar-refractivity contribution < 1.29 is 19.0 Å². The summed E-state index contributed by atoms with van der Waals surface area (Å²) in [4.78, 5) is 19.7. The van der Waals surface area contributed by atoms with E-state index in [0.717, 1.165) is 0 Å². The average Bonchev–Trinajstić information content (AvgIpc) is 2.48. The molecule has 0 saturated heterocycles. The van der Waals surface area contributed by atoms with Crippen molar-refractivity contribution in [2.24, 2.45) is 0 Å². The molecule has 1 heterocycles. The molecule has 0 aliphatic rings. The Morgan fingerprint density at radius 3 is 2.10 bits per heavy atom. The van der Waals surface area contributed by atoms with E-state index in [1.165, 1.54) is 20.3 Å². The molecule has 104 valence electrons. The third-order valence-corrected chi connectivity index (χ3v) is 2.56. The Balaban J connectivity index is 2.22. The Morgan fingerprint density at radius 1 is 1.05 bits per heavy atom. The Morgan fingerprint density at radius 2 is 1.60 bits per heavy atom. The van der Waals surface area contributed by atoms with Gasteiger partial charge in [-0.25, -0.2) is 4.79 Å². The second-order valence-corrected chi connectivity index (χ2v) is 4.06. The van der Waals surface area contributed by atoms with Crippen molar-refractivity contribution in [3.05, 3.63) is 41.2 Å². The van der Waals surface area contributed by atoms with Crippen molar-refractivity contribution in [1.82, 2.24) is 9.97 Å². The summed E-state index contributed by atoms with van der Waals surface area (Å²) in [6.45, 7) is 0. The van der Waals surface area contributed by atoms with Crippen LogP contribution in [0.2, 0.25) is 5.02 Å². The topological polar surface area (TPSA) is 70.5 Å². The monoisotopic (exact) mass is 294 g/mol. The van der Waals surface area contributed by atoms with E-state index in [1.807, 2.05) is 0 Å². The van der Waals surface area contributed by atoms with Gasteiger partial charge in [-0.15, -0.1) is 0 Å². The SMILES string of the molecule is COc1cc(OC)nc(C(=O)Oc2ccc(Cl)cc2)n1. The minimum atomic E-state index is -0.718. The molecule has 1 aromatic heterocycles. The molecule has 6 nitrogen and oxygen atoms in total. The highest BCUT2D eigenvalue weighted by atomic mass is 35.5. The lowest BCUT2D eigenvalue weighted by molar-refractivity contribution is 0.0719. The Hall–Kier alpha value is -2.34. The van der Waals surface area contributed by atoms with E-state index < -0.39 is 5.97 Å². The van der Waals surface area contributed by atoms with Crippen LogP contribution in [0.4, 0.5) is 0 Å². The quantitative estimate of drug-likeness (QED) is 0.637. The number of hydrogen-bond acceptors (Lipinski definition) is 6. The molecule has 0 aliphatic heterocycles. The highest BCUT2D eigenvalue weighted by Gasteiger charge is 2.16. The summed E-state index contributed by atoms with van der Waals surface area (Å²) in [6.07, 6.45) is 0. The fraction of sp³-hybridized carbons (Fsp3) is 0.154. The summed E-state index contributed by atoms with van der Waals surface area (Å²) in [5.74, 6) is -0.120. The van der Waals surface area contributed by atoms with Crippen molar-refractivity contribution in [1.29, 1.82) is 0 Å². The molecule has 0 saturated carbocycles. The van der Waals surface area contributed by atoms with E-state index in [4.69, 9.17) is 25.8 Å². The van der Waals surface area contributed by atoms with Crippen LogP contribution < -0.4 is 14.2 Å². The molecule has 1 aromatic carbocycles. The standard InChI is InChI=1S/C13H11ClN2O4/c1-18-10-7-11(19-2)16-12(15-10)13(17)20-9-5-3-8(14)4-6-9/h3-7H,1-2H3. The number of ether oxygens (including phenoxy) is 3. The smallest absolute Gasteiger partial charge is 0.382 e. The van der Waals surface area contributed by atoms with Crippen LogP contribution in [-0.2, 0) is 0 Å². The van der Waals surface area contributed by atoms with Gasteiger partial charge >= 0.3 is 5.97 Å². The minimum absolute atomic E-state index is 0.156. The highest BCUT2D eigenvalue weighted by molar-refractivity contribution is 6.30. The maximum atomic E-state index is 11.9. The van der Waals surface area contributed by atoms with E-state index in [-0.39, 0.29) is 17.6 Å². The van der Waals surface area contributed by atoms with Crippen LogP contribution in [-0.4, -0.2) is 30.2 Å². The van der Waals surface area contributed by atoms with Crippen LogP contribution in [0.5, 0.6) is 17.5 Å². The van der Waals surface area contributed by atoms with E-state index in [0.29, 0.717) is 10.8 Å². The summed E-state index contributed by atoms with van der Waals surface area (Å²) < 4.78 is 15.0. The molecule has 0 spiro atoms. The Bertz CT molecular complexity index is 594. The summed E-state index contributed by atoms with van der Waals surface area (Å²) in [5, 5.41) is 0.545. The molecule has 0 unspecified atom stereocenters. The van der Waals surface area contributed by atoms with Crippen molar-refractivity contribution in [2.75, 3.05) is 14.2 Å². The van der Waals surface area contributed by atoms with Gasteiger partial charge in [0.1, 0.15) is 5.75 Å². The molecule has 0 radical (unpaired) electrons. The first kappa shape index (κ1) is 14.1. The lowest BCUT2D eigenvalue weighted by Gasteiger charge is -2.06. The Labute approximate surface area is 120 Å². The third-order valence-electron chi connectivity index (χ3n) is 2.30. The summed E-state index contributed by atoms with van der Waals surface area (Å²) in [7, 11) is 2.85. The zero-order valence-electron chi connectivity index (χ0n) is 10.8. The molecule has 0 aliphatic carbocycles. The highest BCUT2D eigenvalue weighted by Crippen LogP contribution is 2.18. The summed E-state index contributed by atoms with van der Waals surface area (Å²) >= 11 is 5.75. The number of esters is 1. The van der Waals surface area contributed by atoms with Crippen LogP contribution in [0.25, 0.3) is 0 Å². The molecule has 0 amide bonds. The second kappa shape index (κ2) is 6.21. The largest absolute Gasteiger partial charge is 0.481 e. The molecule has 20 heavy (non-hydrogen) atoms. The zero-order chi connectivity index (χ0) is 14.5. The van der Waals surface area contributed by atoms with E-state index in [1.54, 1.807) is 24.3 Å². The summed E-state index contributed by atoms with van der Waals surface area (Å²) in [6, 6.07) is 7.81. The van der Waals surface area contributed by atoms with Gasteiger partial charge in [-0.05, 0) is 24.3 Å². The number of halogens is 1. The van der Waals surface area contributed by atoms with Crippen molar-refractivity contribution in [3.8, 4) is 17.5 Å². The maximum absolute atomic E-state index is 11.9. The number of methoxy groups -OCH3 is 2. The van der Waals surface area contributed by atoms with Crippen molar-refractivity contribution in [3.63, 3.8) is 0 Å². The van der Waals surface area contributed by atoms with Gasteiger partial charge in [0, 0.05) is 5.02 Å². The maximum Gasteiger partial charge on any atom is 0.382 e. The van der Waals surface area contributed by atoms with Crippen LogP contribution in [0.15, 0.2) is 30.3 Å². The Kier molecular flexibility index (Phi) is 4.37. The molecular formula is C13H11ClN2O4. The van der Waals surface area contributed by atoms with Gasteiger partial charge in [0.25, 0.3) is 0 Å². The molecule has 2 rings (SSSR count). The van der Waals surface area contributed by atoms with Crippen LogP contribution in [0.3, 0.4) is 0 Å². The number of nitrogens with zero attached hydrogens (tertiary/aromatic N) is 2. The molecule has 0 atom stereocenters. The fourth-order valence-corrected chi connectivity index (χ4v) is 1.49. The fourth-order valence-electron chi connectivity index (χ4n) is 1.36. The second-order valence-electron chi connectivity index (χ2n) is 3.62. The third kappa shape index (κ3) is 3.36. The lowest BCUT2D eigenvalue weighted by atomic mass is 10.3. The van der Waals surface area contributed by atoms with Crippen LogP contribution >= 0.6 is 11.6 Å². The first-order valence-corrected chi connectivity index (χ1v) is 5.95. The van der Waals surface area contributed by atoms with Crippen molar-refractivity contribution >= 4 is 17.6 Å². The van der Waals surface area contributed by atoms with Crippen LogP contribution in [0.1, 0.15) is 10.6 Å². The molecular weight excluding hydrogens is 284 g/mol.